The van der Waals surface area contributed by atoms with E-state index in [1.807, 2.05) is 6.07 Å². The molecule has 1 N–H and O–H groups in total. The van der Waals surface area contributed by atoms with Gasteiger partial charge in [0.25, 0.3) is 0 Å². The lowest BCUT2D eigenvalue weighted by molar-refractivity contribution is -0.197. The first-order chi connectivity index (χ1) is 12.9. The molecule has 0 amide bonds. The second-order valence-corrected chi connectivity index (χ2v) is 9.08. The number of hydrogen-bond acceptors (Lipinski definition) is 5. The van der Waals surface area contributed by atoms with Crippen LogP contribution in [0, 0.1) is 22.7 Å². The van der Waals surface area contributed by atoms with Gasteiger partial charge in [-0.3, -0.25) is 0 Å². The molecule has 3 aliphatic rings. The fourth-order valence-corrected chi connectivity index (χ4v) is 5.75. The van der Waals surface area contributed by atoms with Crippen molar-refractivity contribution in [3.8, 4) is 0 Å². The van der Waals surface area contributed by atoms with Crippen LogP contribution in [0.25, 0.3) is 0 Å². The lowest BCUT2D eigenvalue weighted by Gasteiger charge is -2.38. The highest BCUT2D eigenvalue weighted by molar-refractivity contribution is 5.89. The summed E-state index contributed by atoms with van der Waals surface area (Å²) in [6, 6.07) is 8.84. The predicted molar refractivity (Wildman–Crippen MR) is 100 cm³/mol. The van der Waals surface area contributed by atoms with E-state index in [9.17, 15) is 9.90 Å². The van der Waals surface area contributed by atoms with Crippen LogP contribution < -0.4 is 0 Å². The summed E-state index contributed by atoms with van der Waals surface area (Å²) in [4.78, 5) is 12.1. The molecular formula is C22H30O5. The van der Waals surface area contributed by atoms with Gasteiger partial charge in [-0.25, -0.2) is 4.79 Å². The summed E-state index contributed by atoms with van der Waals surface area (Å²) < 4.78 is 17.6. The van der Waals surface area contributed by atoms with E-state index in [0.717, 1.165) is 6.42 Å². The van der Waals surface area contributed by atoms with Gasteiger partial charge in [0.2, 0.25) is 0 Å². The minimum absolute atomic E-state index is 0.0195. The third-order valence-corrected chi connectivity index (χ3v) is 7.63. The van der Waals surface area contributed by atoms with Crippen molar-refractivity contribution in [1.29, 1.82) is 0 Å². The van der Waals surface area contributed by atoms with Crippen LogP contribution in [-0.2, 0) is 14.2 Å². The van der Waals surface area contributed by atoms with Crippen LogP contribution in [0.1, 0.15) is 50.4 Å². The maximum absolute atomic E-state index is 12.1. The van der Waals surface area contributed by atoms with Gasteiger partial charge in [0, 0.05) is 6.42 Å². The Morgan fingerprint density at radius 2 is 2.04 bits per heavy atom. The lowest BCUT2D eigenvalue weighted by atomic mass is 9.70. The molecule has 2 aliphatic carbocycles. The zero-order chi connectivity index (χ0) is 19.2. The van der Waals surface area contributed by atoms with Crippen LogP contribution in [-0.4, -0.2) is 42.8 Å². The monoisotopic (exact) mass is 374 g/mol. The molecule has 6 atom stereocenters. The van der Waals surface area contributed by atoms with Crippen molar-refractivity contribution in [3.05, 3.63) is 35.9 Å². The molecule has 1 aromatic carbocycles. The Morgan fingerprint density at radius 3 is 2.70 bits per heavy atom. The number of rotatable bonds is 6. The van der Waals surface area contributed by atoms with Crippen LogP contribution in [0.2, 0.25) is 0 Å². The van der Waals surface area contributed by atoms with E-state index in [-0.39, 0.29) is 31.0 Å². The van der Waals surface area contributed by atoms with Crippen LogP contribution in [0.3, 0.4) is 0 Å². The SMILES string of the molecule is CC1(C)[C@@H]2CC[C@@]1(C)[C@H]1O[C@H](O[C@@H](CO)COC(=O)c3ccccc3)C[C@@H]21. The van der Waals surface area contributed by atoms with E-state index in [0.29, 0.717) is 22.8 Å². The maximum atomic E-state index is 12.1. The van der Waals surface area contributed by atoms with Crippen LogP contribution in [0.4, 0.5) is 0 Å². The molecule has 2 bridgehead atoms. The summed E-state index contributed by atoms with van der Waals surface area (Å²) in [5.41, 5.74) is 0.983. The highest BCUT2D eigenvalue weighted by Gasteiger charge is 2.69. The molecule has 27 heavy (non-hydrogen) atoms. The number of aliphatic hydroxyl groups excluding tert-OH is 1. The topological polar surface area (TPSA) is 65.0 Å². The van der Waals surface area contributed by atoms with Crippen molar-refractivity contribution in [2.24, 2.45) is 22.7 Å². The van der Waals surface area contributed by atoms with Gasteiger partial charge in [-0.15, -0.1) is 0 Å². The Kier molecular flexibility index (Phi) is 4.81. The fourth-order valence-electron chi connectivity index (χ4n) is 5.75. The number of esters is 1. The second kappa shape index (κ2) is 6.87. The highest BCUT2D eigenvalue weighted by Crippen LogP contribution is 2.71. The lowest BCUT2D eigenvalue weighted by Crippen LogP contribution is -2.38. The van der Waals surface area contributed by atoms with Crippen molar-refractivity contribution in [2.75, 3.05) is 13.2 Å². The van der Waals surface area contributed by atoms with Crippen molar-refractivity contribution < 1.29 is 24.1 Å². The average Bonchev–Trinajstić information content (AvgIpc) is 3.23. The molecular weight excluding hydrogens is 344 g/mol. The first-order valence-corrected chi connectivity index (χ1v) is 10.0. The molecule has 2 saturated carbocycles. The number of ether oxygens (including phenoxy) is 3. The Morgan fingerprint density at radius 1 is 1.30 bits per heavy atom. The molecule has 148 valence electrons. The van der Waals surface area contributed by atoms with Gasteiger partial charge in [0.05, 0.1) is 18.3 Å². The van der Waals surface area contributed by atoms with Crippen molar-refractivity contribution >= 4 is 5.97 Å². The molecule has 1 heterocycles. The molecule has 0 spiro atoms. The average molecular weight is 374 g/mol. The van der Waals surface area contributed by atoms with Gasteiger partial charge in [-0.05, 0) is 47.6 Å². The fraction of sp³-hybridized carbons (Fsp3) is 0.682. The summed E-state index contributed by atoms with van der Waals surface area (Å²) in [6.07, 6.45) is 2.65. The molecule has 4 rings (SSSR count). The van der Waals surface area contributed by atoms with Crippen molar-refractivity contribution in [1.82, 2.24) is 0 Å². The van der Waals surface area contributed by atoms with Gasteiger partial charge in [0.1, 0.15) is 12.7 Å². The van der Waals surface area contributed by atoms with Crippen LogP contribution in [0.15, 0.2) is 30.3 Å². The number of benzene rings is 1. The molecule has 1 saturated heterocycles. The number of fused-ring (bicyclic) bond motifs is 5. The minimum atomic E-state index is -0.569. The zero-order valence-corrected chi connectivity index (χ0v) is 16.4. The van der Waals surface area contributed by atoms with Gasteiger partial charge in [0.15, 0.2) is 6.29 Å². The maximum Gasteiger partial charge on any atom is 0.338 e. The van der Waals surface area contributed by atoms with Crippen LogP contribution >= 0.6 is 0 Å². The number of carbonyl (C=O) groups is 1. The molecule has 5 heteroatoms. The van der Waals surface area contributed by atoms with Gasteiger partial charge >= 0.3 is 5.97 Å². The van der Waals surface area contributed by atoms with E-state index in [1.54, 1.807) is 24.3 Å². The minimum Gasteiger partial charge on any atom is -0.459 e. The summed E-state index contributed by atoms with van der Waals surface area (Å²) in [6.45, 7) is 6.92. The number of carbonyl (C=O) groups excluding carboxylic acids is 1. The molecule has 1 aliphatic heterocycles. The highest BCUT2D eigenvalue weighted by atomic mass is 16.7. The Labute approximate surface area is 161 Å². The standard InChI is InChI=1S/C22H30O5/c1-21(2)17-9-10-22(21,3)19-16(17)11-18(27-19)26-15(12-23)13-25-20(24)14-7-5-4-6-8-14/h4-8,15-19,23H,9-13H2,1-3H3/t15-,16-,17+,18-,19-,22-/m0/s1. The van der Waals surface area contributed by atoms with Gasteiger partial charge in [-0.2, -0.15) is 0 Å². The van der Waals surface area contributed by atoms with E-state index in [4.69, 9.17) is 14.2 Å². The second-order valence-electron chi connectivity index (χ2n) is 9.08. The normalized spacial score (nSPS) is 37.2. The smallest absolute Gasteiger partial charge is 0.338 e. The van der Waals surface area contributed by atoms with Gasteiger partial charge in [-0.1, -0.05) is 39.0 Å². The zero-order valence-electron chi connectivity index (χ0n) is 16.4. The van der Waals surface area contributed by atoms with Gasteiger partial charge < -0.3 is 19.3 Å². The van der Waals surface area contributed by atoms with Crippen LogP contribution in [0.5, 0.6) is 0 Å². The van der Waals surface area contributed by atoms with E-state index >= 15 is 0 Å². The Bertz CT molecular complexity index is 687. The Hall–Kier alpha value is -1.43. The molecule has 5 nitrogen and oxygen atoms in total. The number of aliphatic hydroxyl groups is 1. The van der Waals surface area contributed by atoms with E-state index in [2.05, 4.69) is 20.8 Å². The first kappa shape index (κ1) is 18.9. The molecule has 0 aromatic heterocycles. The molecule has 3 fully saturated rings. The molecule has 1 aromatic rings. The summed E-state index contributed by atoms with van der Waals surface area (Å²) in [5.74, 6) is 0.786. The largest absolute Gasteiger partial charge is 0.459 e. The van der Waals surface area contributed by atoms with Crippen molar-refractivity contribution in [3.63, 3.8) is 0 Å². The molecule has 0 unspecified atom stereocenters. The first-order valence-electron chi connectivity index (χ1n) is 10.0. The van der Waals surface area contributed by atoms with E-state index in [1.165, 1.54) is 12.8 Å². The van der Waals surface area contributed by atoms with E-state index < -0.39 is 12.1 Å². The Balaban J connectivity index is 1.33. The number of hydrogen-bond donors (Lipinski definition) is 1. The third-order valence-electron chi connectivity index (χ3n) is 7.63. The summed E-state index contributed by atoms with van der Waals surface area (Å²) in [7, 11) is 0. The summed E-state index contributed by atoms with van der Waals surface area (Å²) >= 11 is 0. The quantitative estimate of drug-likeness (QED) is 0.773. The predicted octanol–water partition coefficient (Wildman–Crippen LogP) is 3.41. The third kappa shape index (κ3) is 3.00. The molecule has 0 radical (unpaired) electrons. The summed E-state index contributed by atoms with van der Waals surface area (Å²) in [5, 5.41) is 9.65. The van der Waals surface area contributed by atoms with Crippen molar-refractivity contribution in [2.45, 2.75) is 58.5 Å².